The molecule has 0 saturated carbocycles. The van der Waals surface area contributed by atoms with Gasteiger partial charge in [-0.2, -0.15) is 0 Å². The Balaban J connectivity index is 2.23. The van der Waals surface area contributed by atoms with Gasteiger partial charge in [0.25, 0.3) is 0 Å². The molecule has 0 spiro atoms. The van der Waals surface area contributed by atoms with Crippen molar-refractivity contribution < 1.29 is 4.42 Å². The molecule has 0 aliphatic heterocycles. The summed E-state index contributed by atoms with van der Waals surface area (Å²) in [5.41, 5.74) is 9.56. The zero-order chi connectivity index (χ0) is 13.6. The lowest BCUT2D eigenvalue weighted by molar-refractivity contribution is 0.621. The Kier molecular flexibility index (Phi) is 2.88. The van der Waals surface area contributed by atoms with Crippen LogP contribution in [0.4, 0.5) is 5.69 Å². The Morgan fingerprint density at radius 2 is 1.74 bits per heavy atom. The number of nitrogens with zero attached hydrogens (tertiary/aromatic N) is 1. The highest BCUT2D eigenvalue weighted by Crippen LogP contribution is 2.31. The van der Waals surface area contributed by atoms with Crippen molar-refractivity contribution in [2.24, 2.45) is 0 Å². The van der Waals surface area contributed by atoms with Crippen molar-refractivity contribution >= 4 is 40.0 Å². The van der Waals surface area contributed by atoms with Crippen molar-refractivity contribution in [2.45, 2.75) is 6.92 Å². The number of nitrogen functional groups attached to an aromatic ring is 1. The molecule has 2 N–H and O–H groups in total. The lowest BCUT2D eigenvalue weighted by Crippen LogP contribution is -1.86. The first-order valence-electron chi connectivity index (χ1n) is 5.66. The van der Waals surface area contributed by atoms with Gasteiger partial charge in [0, 0.05) is 15.6 Å². The Hall–Kier alpha value is -1.71. The maximum absolute atomic E-state index is 5.98. The zero-order valence-electron chi connectivity index (χ0n) is 10.1. The molecule has 3 rings (SSSR count). The van der Waals surface area contributed by atoms with Gasteiger partial charge in [0.05, 0.1) is 5.69 Å². The minimum absolute atomic E-state index is 0.455. The Bertz CT molecular complexity index is 760. The number of hydrogen-bond acceptors (Lipinski definition) is 3. The van der Waals surface area contributed by atoms with E-state index in [0.717, 1.165) is 16.6 Å². The largest absolute Gasteiger partial charge is 0.434 e. The van der Waals surface area contributed by atoms with Gasteiger partial charge < -0.3 is 10.2 Å². The van der Waals surface area contributed by atoms with Crippen molar-refractivity contribution in [1.29, 1.82) is 0 Å². The Morgan fingerprint density at radius 3 is 2.42 bits per heavy atom. The van der Waals surface area contributed by atoms with Crippen LogP contribution in [-0.4, -0.2) is 4.98 Å². The fraction of sp³-hybridized carbons (Fsp3) is 0.0714. The number of oxazole rings is 1. The first-order chi connectivity index (χ1) is 9.02. The maximum Gasteiger partial charge on any atom is 0.227 e. The molecule has 5 heteroatoms. The molecule has 3 aromatic rings. The van der Waals surface area contributed by atoms with Crippen molar-refractivity contribution in [2.75, 3.05) is 5.73 Å². The van der Waals surface area contributed by atoms with E-state index in [1.807, 2.05) is 19.1 Å². The highest BCUT2D eigenvalue weighted by Gasteiger charge is 2.12. The van der Waals surface area contributed by atoms with Gasteiger partial charge >= 0.3 is 0 Å². The SMILES string of the molecule is Cc1cc(N)c2oc(-c3cc(Cl)cc(Cl)c3)nc2c1. The fourth-order valence-corrected chi connectivity index (χ4v) is 2.53. The summed E-state index contributed by atoms with van der Waals surface area (Å²) in [6.07, 6.45) is 0. The van der Waals surface area contributed by atoms with E-state index in [1.54, 1.807) is 18.2 Å². The van der Waals surface area contributed by atoms with Gasteiger partial charge in [0.1, 0.15) is 5.52 Å². The summed E-state index contributed by atoms with van der Waals surface area (Å²) in [6, 6.07) is 8.93. The summed E-state index contributed by atoms with van der Waals surface area (Å²) in [4.78, 5) is 4.42. The zero-order valence-corrected chi connectivity index (χ0v) is 11.6. The van der Waals surface area contributed by atoms with Crippen molar-refractivity contribution in [3.63, 3.8) is 0 Å². The molecule has 0 unspecified atom stereocenters. The average molecular weight is 293 g/mol. The molecule has 0 aliphatic rings. The summed E-state index contributed by atoms with van der Waals surface area (Å²) < 4.78 is 5.70. The van der Waals surface area contributed by atoms with Crippen LogP contribution in [0, 0.1) is 6.92 Å². The molecular weight excluding hydrogens is 283 g/mol. The minimum atomic E-state index is 0.455. The first-order valence-corrected chi connectivity index (χ1v) is 6.41. The number of halogens is 2. The molecule has 0 bridgehead atoms. The van der Waals surface area contributed by atoms with E-state index in [-0.39, 0.29) is 0 Å². The van der Waals surface area contributed by atoms with E-state index in [4.69, 9.17) is 33.4 Å². The predicted molar refractivity (Wildman–Crippen MR) is 78.6 cm³/mol. The van der Waals surface area contributed by atoms with E-state index >= 15 is 0 Å². The van der Waals surface area contributed by atoms with E-state index < -0.39 is 0 Å². The molecule has 0 saturated heterocycles. The third-order valence-electron chi connectivity index (χ3n) is 2.77. The third-order valence-corrected chi connectivity index (χ3v) is 3.21. The second-order valence-electron chi connectivity index (χ2n) is 4.38. The topological polar surface area (TPSA) is 52.0 Å². The minimum Gasteiger partial charge on any atom is -0.434 e. The van der Waals surface area contributed by atoms with Gasteiger partial charge in [-0.1, -0.05) is 23.2 Å². The van der Waals surface area contributed by atoms with Crippen LogP contribution in [0.25, 0.3) is 22.6 Å². The van der Waals surface area contributed by atoms with E-state index in [0.29, 0.717) is 27.2 Å². The van der Waals surface area contributed by atoms with Crippen LogP contribution in [-0.2, 0) is 0 Å². The maximum atomic E-state index is 5.98. The van der Waals surface area contributed by atoms with Gasteiger partial charge in [-0.3, -0.25) is 0 Å². The van der Waals surface area contributed by atoms with Crippen LogP contribution in [0.15, 0.2) is 34.7 Å². The molecule has 3 nitrogen and oxygen atoms in total. The van der Waals surface area contributed by atoms with Gasteiger partial charge in [-0.25, -0.2) is 4.98 Å². The van der Waals surface area contributed by atoms with Crippen LogP contribution in [0.5, 0.6) is 0 Å². The summed E-state index contributed by atoms with van der Waals surface area (Å²) in [7, 11) is 0. The highest BCUT2D eigenvalue weighted by molar-refractivity contribution is 6.35. The third kappa shape index (κ3) is 2.27. The second kappa shape index (κ2) is 4.44. The Morgan fingerprint density at radius 1 is 1.05 bits per heavy atom. The summed E-state index contributed by atoms with van der Waals surface area (Å²) in [5.74, 6) is 0.455. The lowest BCUT2D eigenvalue weighted by Gasteiger charge is -1.98. The first kappa shape index (κ1) is 12.3. The smallest absolute Gasteiger partial charge is 0.227 e. The highest BCUT2D eigenvalue weighted by atomic mass is 35.5. The number of fused-ring (bicyclic) bond motifs is 1. The molecule has 1 heterocycles. The molecule has 96 valence electrons. The van der Waals surface area contributed by atoms with Gasteiger partial charge in [-0.15, -0.1) is 0 Å². The fourth-order valence-electron chi connectivity index (χ4n) is 2.01. The lowest BCUT2D eigenvalue weighted by atomic mass is 10.2. The van der Waals surface area contributed by atoms with Gasteiger partial charge in [-0.05, 0) is 42.8 Å². The van der Waals surface area contributed by atoms with Crippen LogP contribution < -0.4 is 5.73 Å². The molecule has 19 heavy (non-hydrogen) atoms. The summed E-state index contributed by atoms with van der Waals surface area (Å²) in [5, 5.41) is 1.07. The number of aromatic nitrogens is 1. The van der Waals surface area contributed by atoms with Crippen LogP contribution in [0.3, 0.4) is 0 Å². The number of benzene rings is 2. The monoisotopic (exact) mass is 292 g/mol. The number of hydrogen-bond donors (Lipinski definition) is 1. The molecular formula is C14H10Cl2N2O. The number of aryl methyl sites for hydroxylation is 1. The average Bonchev–Trinajstić information content (AvgIpc) is 2.71. The summed E-state index contributed by atoms with van der Waals surface area (Å²) >= 11 is 12.0. The molecule has 0 radical (unpaired) electrons. The Labute approximate surface area is 119 Å². The van der Waals surface area contributed by atoms with Gasteiger partial charge in [0.2, 0.25) is 5.89 Å². The molecule has 0 amide bonds. The summed E-state index contributed by atoms with van der Waals surface area (Å²) in [6.45, 7) is 1.96. The van der Waals surface area contributed by atoms with Crippen LogP contribution >= 0.6 is 23.2 Å². The molecule has 0 aliphatic carbocycles. The quantitative estimate of drug-likeness (QED) is 0.662. The predicted octanol–water partition coefficient (Wildman–Crippen LogP) is 4.69. The second-order valence-corrected chi connectivity index (χ2v) is 5.25. The molecule has 2 aromatic carbocycles. The van der Waals surface area contributed by atoms with Crippen molar-refractivity contribution in [3.8, 4) is 11.5 Å². The van der Waals surface area contributed by atoms with E-state index in [9.17, 15) is 0 Å². The number of rotatable bonds is 1. The molecule has 1 aromatic heterocycles. The van der Waals surface area contributed by atoms with E-state index in [1.165, 1.54) is 0 Å². The number of anilines is 1. The van der Waals surface area contributed by atoms with E-state index in [2.05, 4.69) is 4.98 Å². The van der Waals surface area contributed by atoms with Gasteiger partial charge in [0.15, 0.2) is 5.58 Å². The van der Waals surface area contributed by atoms with Crippen molar-refractivity contribution in [3.05, 3.63) is 45.9 Å². The standard InChI is InChI=1S/C14H10Cl2N2O/c1-7-2-11(17)13-12(3-7)18-14(19-13)8-4-9(15)6-10(16)5-8/h2-6H,17H2,1H3. The molecule has 0 fully saturated rings. The van der Waals surface area contributed by atoms with Crippen LogP contribution in [0.1, 0.15) is 5.56 Å². The van der Waals surface area contributed by atoms with Crippen molar-refractivity contribution in [1.82, 2.24) is 4.98 Å². The van der Waals surface area contributed by atoms with Crippen LogP contribution in [0.2, 0.25) is 10.0 Å². The normalized spacial score (nSPS) is 11.1. The molecule has 0 atom stereocenters. The number of nitrogens with two attached hydrogens (primary N) is 1.